The first-order valence-corrected chi connectivity index (χ1v) is 12.1. The van der Waals surface area contributed by atoms with Crippen LogP contribution >= 0.6 is 0 Å². The standard InChI is InChI=1S/C29H30F4O/c1-2-3-4-19-6-9-23-17-24(13-12-22(23)15-19)25-11-10-21(26(30)18-25)8-5-20-7-14-28(27(31)16-20)34-29(32)33/h2,7,10-11,14,16,18-19,22-24,29H,1,3-4,6,9,12-13,15,17H2. The zero-order chi connectivity index (χ0) is 24.1. The Hall–Kier alpha value is -2.74. The molecule has 5 heteroatoms. The molecule has 0 saturated heterocycles. The lowest BCUT2D eigenvalue weighted by atomic mass is 9.63. The van der Waals surface area contributed by atoms with E-state index in [1.165, 1.54) is 38.2 Å². The summed E-state index contributed by atoms with van der Waals surface area (Å²) in [4.78, 5) is 0. The van der Waals surface area contributed by atoms with Gasteiger partial charge in [-0.15, -0.1) is 6.58 Å². The minimum absolute atomic E-state index is 0.230. The summed E-state index contributed by atoms with van der Waals surface area (Å²) in [7, 11) is 0. The maximum absolute atomic E-state index is 14.8. The Morgan fingerprint density at radius 1 is 0.941 bits per heavy atom. The van der Waals surface area contributed by atoms with Gasteiger partial charge in [-0.25, -0.2) is 8.78 Å². The van der Waals surface area contributed by atoms with E-state index in [-0.39, 0.29) is 11.1 Å². The van der Waals surface area contributed by atoms with Gasteiger partial charge in [0.15, 0.2) is 11.6 Å². The fraction of sp³-hybridized carbons (Fsp3) is 0.448. The van der Waals surface area contributed by atoms with Crippen LogP contribution in [0.2, 0.25) is 0 Å². The van der Waals surface area contributed by atoms with E-state index < -0.39 is 24.0 Å². The molecule has 4 unspecified atom stereocenters. The van der Waals surface area contributed by atoms with Crippen molar-refractivity contribution in [1.29, 1.82) is 0 Å². The molecular weight excluding hydrogens is 440 g/mol. The highest BCUT2D eigenvalue weighted by molar-refractivity contribution is 5.46. The van der Waals surface area contributed by atoms with Crippen molar-refractivity contribution in [3.63, 3.8) is 0 Å². The predicted molar refractivity (Wildman–Crippen MR) is 126 cm³/mol. The van der Waals surface area contributed by atoms with E-state index in [1.54, 1.807) is 12.1 Å². The van der Waals surface area contributed by atoms with Crippen molar-refractivity contribution in [2.24, 2.45) is 17.8 Å². The first-order chi connectivity index (χ1) is 16.4. The van der Waals surface area contributed by atoms with Gasteiger partial charge in [0.25, 0.3) is 0 Å². The van der Waals surface area contributed by atoms with Crippen LogP contribution < -0.4 is 4.74 Å². The van der Waals surface area contributed by atoms with Crippen molar-refractivity contribution >= 4 is 0 Å². The van der Waals surface area contributed by atoms with Crippen molar-refractivity contribution in [1.82, 2.24) is 0 Å². The third kappa shape index (κ3) is 6.03. The Morgan fingerprint density at radius 2 is 1.74 bits per heavy atom. The minimum Gasteiger partial charge on any atom is -0.432 e. The monoisotopic (exact) mass is 470 g/mol. The van der Waals surface area contributed by atoms with Gasteiger partial charge < -0.3 is 4.74 Å². The van der Waals surface area contributed by atoms with Crippen LogP contribution in [0.4, 0.5) is 17.6 Å². The normalized spacial score (nSPS) is 24.1. The molecular formula is C29H30F4O. The summed E-state index contributed by atoms with van der Waals surface area (Å²) in [5.74, 6) is 6.28. The van der Waals surface area contributed by atoms with Crippen LogP contribution in [0, 0.1) is 41.2 Å². The largest absolute Gasteiger partial charge is 0.432 e. The number of ether oxygens (including phenoxy) is 1. The van der Waals surface area contributed by atoms with Crippen molar-refractivity contribution < 1.29 is 22.3 Å². The number of allylic oxidation sites excluding steroid dienone is 1. The van der Waals surface area contributed by atoms with Crippen LogP contribution in [0.5, 0.6) is 5.75 Å². The summed E-state index contributed by atoms with van der Waals surface area (Å²) in [5.41, 5.74) is 1.51. The summed E-state index contributed by atoms with van der Waals surface area (Å²) in [6.07, 6.45) is 11.7. The van der Waals surface area contributed by atoms with E-state index in [0.717, 1.165) is 54.7 Å². The summed E-state index contributed by atoms with van der Waals surface area (Å²) < 4.78 is 57.3. The molecule has 2 aliphatic rings. The van der Waals surface area contributed by atoms with Crippen molar-refractivity contribution in [3.8, 4) is 17.6 Å². The van der Waals surface area contributed by atoms with Crippen molar-refractivity contribution in [2.45, 2.75) is 63.9 Å². The molecule has 2 aromatic carbocycles. The third-order valence-corrected chi connectivity index (χ3v) is 7.45. The molecule has 2 saturated carbocycles. The second-order valence-corrected chi connectivity index (χ2v) is 9.59. The fourth-order valence-corrected chi connectivity index (χ4v) is 5.70. The molecule has 2 aromatic rings. The second kappa shape index (κ2) is 11.1. The lowest BCUT2D eigenvalue weighted by molar-refractivity contribution is -0.0521. The molecule has 2 aliphatic carbocycles. The first kappa shape index (κ1) is 24.4. The highest BCUT2D eigenvalue weighted by Gasteiger charge is 2.35. The van der Waals surface area contributed by atoms with E-state index in [0.29, 0.717) is 5.92 Å². The number of hydrogen-bond donors (Lipinski definition) is 0. The van der Waals surface area contributed by atoms with Crippen molar-refractivity contribution in [2.75, 3.05) is 0 Å². The van der Waals surface area contributed by atoms with Crippen LogP contribution in [-0.4, -0.2) is 6.61 Å². The molecule has 0 N–H and O–H groups in total. The molecule has 4 atom stereocenters. The van der Waals surface area contributed by atoms with E-state index in [2.05, 4.69) is 23.2 Å². The average Bonchev–Trinajstić information content (AvgIpc) is 2.82. The lowest BCUT2D eigenvalue weighted by Gasteiger charge is -2.42. The number of benzene rings is 2. The molecule has 0 aliphatic heterocycles. The smallest absolute Gasteiger partial charge is 0.387 e. The Labute approximate surface area is 199 Å². The number of fused-ring (bicyclic) bond motifs is 1. The third-order valence-electron chi connectivity index (χ3n) is 7.45. The SMILES string of the molecule is C=CCCC1CCC2CC(c3ccc(C#Cc4ccc(OC(F)F)c(F)c4)c(F)c3)CCC2C1. The van der Waals surface area contributed by atoms with Gasteiger partial charge in [-0.1, -0.05) is 30.4 Å². The highest BCUT2D eigenvalue weighted by Crippen LogP contribution is 2.48. The summed E-state index contributed by atoms with van der Waals surface area (Å²) in [6.45, 7) is 0.739. The predicted octanol–water partition coefficient (Wildman–Crippen LogP) is 8.23. The summed E-state index contributed by atoms with van der Waals surface area (Å²) in [5, 5.41) is 0. The Balaban J connectivity index is 1.39. The van der Waals surface area contributed by atoms with E-state index >= 15 is 0 Å². The van der Waals surface area contributed by atoms with Gasteiger partial charge >= 0.3 is 6.61 Å². The van der Waals surface area contributed by atoms with Gasteiger partial charge in [0.1, 0.15) is 5.82 Å². The van der Waals surface area contributed by atoms with E-state index in [4.69, 9.17) is 0 Å². The van der Waals surface area contributed by atoms with Crippen LogP contribution in [-0.2, 0) is 0 Å². The molecule has 0 heterocycles. The van der Waals surface area contributed by atoms with Crippen LogP contribution in [0.25, 0.3) is 0 Å². The number of halogens is 4. The molecule has 4 rings (SSSR count). The fourth-order valence-electron chi connectivity index (χ4n) is 5.70. The zero-order valence-corrected chi connectivity index (χ0v) is 19.2. The second-order valence-electron chi connectivity index (χ2n) is 9.59. The number of rotatable bonds is 6. The minimum atomic E-state index is -3.11. The molecule has 180 valence electrons. The van der Waals surface area contributed by atoms with Gasteiger partial charge in [0, 0.05) is 5.56 Å². The Morgan fingerprint density at radius 3 is 2.47 bits per heavy atom. The van der Waals surface area contributed by atoms with Crippen molar-refractivity contribution in [3.05, 3.63) is 77.4 Å². The molecule has 2 fully saturated rings. The first-order valence-electron chi connectivity index (χ1n) is 12.1. The van der Waals surface area contributed by atoms with Crippen LogP contribution in [0.1, 0.15) is 74.0 Å². The van der Waals surface area contributed by atoms with Gasteiger partial charge in [0.05, 0.1) is 5.56 Å². The molecule has 0 aromatic heterocycles. The van der Waals surface area contributed by atoms with Gasteiger partial charge in [0.2, 0.25) is 0 Å². The Kier molecular flexibility index (Phi) is 7.98. The molecule has 0 radical (unpaired) electrons. The van der Waals surface area contributed by atoms with Gasteiger partial charge in [-0.2, -0.15) is 8.78 Å². The maximum atomic E-state index is 14.8. The molecule has 34 heavy (non-hydrogen) atoms. The van der Waals surface area contributed by atoms with E-state index in [1.807, 2.05) is 12.1 Å². The number of hydrogen-bond acceptors (Lipinski definition) is 1. The number of alkyl halides is 2. The van der Waals surface area contributed by atoms with Gasteiger partial charge in [-0.3, -0.25) is 0 Å². The zero-order valence-electron chi connectivity index (χ0n) is 19.2. The summed E-state index contributed by atoms with van der Waals surface area (Å²) >= 11 is 0. The highest BCUT2D eigenvalue weighted by atomic mass is 19.3. The van der Waals surface area contributed by atoms with Gasteiger partial charge in [-0.05, 0) is 105 Å². The molecule has 0 spiro atoms. The topological polar surface area (TPSA) is 9.23 Å². The Bertz CT molecular complexity index is 1070. The summed E-state index contributed by atoms with van der Waals surface area (Å²) in [6, 6.07) is 8.68. The van der Waals surface area contributed by atoms with E-state index in [9.17, 15) is 17.6 Å². The molecule has 0 bridgehead atoms. The van der Waals surface area contributed by atoms with Crippen LogP contribution in [0.3, 0.4) is 0 Å². The molecule has 0 amide bonds. The van der Waals surface area contributed by atoms with Crippen LogP contribution in [0.15, 0.2) is 49.1 Å². The molecule has 1 nitrogen and oxygen atoms in total. The lowest BCUT2D eigenvalue weighted by Crippen LogP contribution is -2.30. The average molecular weight is 471 g/mol. The maximum Gasteiger partial charge on any atom is 0.387 e. The quantitative estimate of drug-likeness (QED) is 0.235.